The van der Waals surface area contributed by atoms with Crippen molar-refractivity contribution in [1.29, 1.82) is 5.26 Å². The lowest BCUT2D eigenvalue weighted by molar-refractivity contribution is 0.126. The van der Waals surface area contributed by atoms with Crippen LogP contribution in [0.3, 0.4) is 0 Å². The summed E-state index contributed by atoms with van der Waals surface area (Å²) in [6.07, 6.45) is 1.85. The van der Waals surface area contributed by atoms with E-state index in [1.54, 1.807) is 12.1 Å². The van der Waals surface area contributed by atoms with Crippen molar-refractivity contribution < 1.29 is 9.90 Å². The summed E-state index contributed by atoms with van der Waals surface area (Å²) in [5.41, 5.74) is 2.45. The number of carbonyl (C=O) groups excluding carboxylic acids is 1. The second kappa shape index (κ2) is 8.50. The molecule has 0 bridgehead atoms. The van der Waals surface area contributed by atoms with Gasteiger partial charge in [0.2, 0.25) is 0 Å². The van der Waals surface area contributed by atoms with Crippen LogP contribution in [0, 0.1) is 11.3 Å². The van der Waals surface area contributed by atoms with Crippen LogP contribution in [0.1, 0.15) is 42.1 Å². The van der Waals surface area contributed by atoms with Gasteiger partial charge in [-0.1, -0.05) is 42.5 Å². The summed E-state index contributed by atoms with van der Waals surface area (Å²) in [5.74, 6) is 0. The van der Waals surface area contributed by atoms with Gasteiger partial charge in [-0.05, 0) is 42.5 Å². The van der Waals surface area contributed by atoms with Crippen molar-refractivity contribution in [3.8, 4) is 6.07 Å². The molecule has 1 heterocycles. The number of likely N-dealkylation sites (tertiary alicyclic amines) is 1. The fourth-order valence-corrected chi connectivity index (χ4v) is 3.39. The third-order valence-corrected chi connectivity index (χ3v) is 4.84. The first-order chi connectivity index (χ1) is 12.7. The van der Waals surface area contributed by atoms with Crippen molar-refractivity contribution >= 4 is 6.03 Å². The molecule has 0 aliphatic carbocycles. The Labute approximate surface area is 153 Å². The zero-order valence-corrected chi connectivity index (χ0v) is 14.6. The number of nitrogens with one attached hydrogen (secondary N) is 1. The largest absolute Gasteiger partial charge is 0.388 e. The predicted octanol–water partition coefficient (Wildman–Crippen LogP) is 3.36. The summed E-state index contributed by atoms with van der Waals surface area (Å²) in [6, 6.07) is 18.8. The van der Waals surface area contributed by atoms with Crippen LogP contribution >= 0.6 is 0 Å². The van der Waals surface area contributed by atoms with Gasteiger partial charge in [0.05, 0.1) is 17.7 Å². The Morgan fingerprint density at radius 2 is 1.96 bits per heavy atom. The van der Waals surface area contributed by atoms with Gasteiger partial charge in [-0.3, -0.25) is 0 Å². The minimum Gasteiger partial charge on any atom is -0.388 e. The van der Waals surface area contributed by atoms with Crippen molar-refractivity contribution in [2.75, 3.05) is 6.54 Å². The average Bonchev–Trinajstić information content (AvgIpc) is 3.15. The monoisotopic (exact) mass is 349 g/mol. The van der Waals surface area contributed by atoms with E-state index in [4.69, 9.17) is 5.26 Å². The molecule has 5 nitrogen and oxygen atoms in total. The van der Waals surface area contributed by atoms with Gasteiger partial charge in [0.1, 0.15) is 0 Å². The number of amides is 2. The molecule has 5 heteroatoms. The maximum atomic E-state index is 12.6. The number of rotatable bonds is 5. The Morgan fingerprint density at radius 3 is 2.65 bits per heavy atom. The number of nitrogens with zero attached hydrogens (tertiary/aromatic N) is 2. The third-order valence-electron chi connectivity index (χ3n) is 4.84. The fraction of sp³-hybridized carbons (Fsp3) is 0.333. The van der Waals surface area contributed by atoms with Gasteiger partial charge in [-0.25, -0.2) is 4.79 Å². The molecule has 0 unspecified atom stereocenters. The van der Waals surface area contributed by atoms with Crippen LogP contribution < -0.4 is 5.32 Å². The highest BCUT2D eigenvalue weighted by molar-refractivity contribution is 5.74. The SMILES string of the molecule is N#Cc1ccc(CNC(=O)N2CCC[C@@H]2C[C@@H](O)c2ccccc2)cc1. The maximum absolute atomic E-state index is 12.6. The Hall–Kier alpha value is -2.84. The van der Waals surface area contributed by atoms with E-state index in [2.05, 4.69) is 11.4 Å². The van der Waals surface area contributed by atoms with Crippen LogP contribution in [0.5, 0.6) is 0 Å². The topological polar surface area (TPSA) is 76.4 Å². The Kier molecular flexibility index (Phi) is 5.88. The molecule has 0 spiro atoms. The van der Waals surface area contributed by atoms with Crippen LogP contribution in [-0.4, -0.2) is 28.6 Å². The number of hydrogen-bond donors (Lipinski definition) is 2. The molecule has 0 saturated carbocycles. The standard InChI is InChI=1S/C21H23N3O2/c22-14-16-8-10-17(11-9-16)15-23-21(26)24-12-4-7-19(24)13-20(25)18-5-2-1-3-6-18/h1-3,5-6,8-11,19-20,25H,4,7,12-13,15H2,(H,23,26)/t19-,20-/m1/s1. The lowest BCUT2D eigenvalue weighted by Crippen LogP contribution is -2.43. The summed E-state index contributed by atoms with van der Waals surface area (Å²) < 4.78 is 0. The van der Waals surface area contributed by atoms with Gasteiger partial charge in [0.15, 0.2) is 0 Å². The van der Waals surface area contributed by atoms with Crippen LogP contribution in [0.15, 0.2) is 54.6 Å². The van der Waals surface area contributed by atoms with E-state index < -0.39 is 6.10 Å². The summed E-state index contributed by atoms with van der Waals surface area (Å²) >= 11 is 0. The van der Waals surface area contributed by atoms with Crippen molar-refractivity contribution in [2.45, 2.75) is 38.0 Å². The van der Waals surface area contributed by atoms with E-state index in [-0.39, 0.29) is 12.1 Å². The van der Waals surface area contributed by atoms with E-state index in [1.807, 2.05) is 47.4 Å². The van der Waals surface area contributed by atoms with Crippen molar-refractivity contribution in [3.05, 3.63) is 71.3 Å². The van der Waals surface area contributed by atoms with E-state index in [0.717, 1.165) is 24.0 Å². The molecule has 1 fully saturated rings. The highest BCUT2D eigenvalue weighted by Crippen LogP contribution is 2.27. The first-order valence-corrected chi connectivity index (χ1v) is 8.94. The average molecular weight is 349 g/mol. The van der Waals surface area contributed by atoms with Crippen LogP contribution in [0.4, 0.5) is 4.79 Å². The molecule has 0 radical (unpaired) electrons. The van der Waals surface area contributed by atoms with Gasteiger partial charge < -0.3 is 15.3 Å². The molecule has 1 aliphatic rings. The lowest BCUT2D eigenvalue weighted by Gasteiger charge is -2.27. The first-order valence-electron chi connectivity index (χ1n) is 8.94. The van der Waals surface area contributed by atoms with Crippen LogP contribution in [0.2, 0.25) is 0 Å². The molecular weight excluding hydrogens is 326 g/mol. The fourth-order valence-electron chi connectivity index (χ4n) is 3.39. The summed E-state index contributed by atoms with van der Waals surface area (Å²) in [7, 11) is 0. The molecule has 134 valence electrons. The van der Waals surface area contributed by atoms with E-state index in [9.17, 15) is 9.90 Å². The van der Waals surface area contributed by atoms with Crippen molar-refractivity contribution in [1.82, 2.24) is 10.2 Å². The second-order valence-electron chi connectivity index (χ2n) is 6.62. The number of carbonyl (C=O) groups is 1. The summed E-state index contributed by atoms with van der Waals surface area (Å²) in [5, 5.41) is 22.2. The zero-order chi connectivity index (χ0) is 18.4. The Balaban J connectivity index is 1.55. The Bertz CT molecular complexity index is 768. The quantitative estimate of drug-likeness (QED) is 0.869. The second-order valence-corrected chi connectivity index (χ2v) is 6.62. The summed E-state index contributed by atoms with van der Waals surface area (Å²) in [6.45, 7) is 1.14. The van der Waals surface area contributed by atoms with Gasteiger partial charge in [0, 0.05) is 19.1 Å². The summed E-state index contributed by atoms with van der Waals surface area (Å²) in [4.78, 5) is 14.4. The highest BCUT2D eigenvalue weighted by atomic mass is 16.3. The van der Waals surface area contributed by atoms with E-state index >= 15 is 0 Å². The first kappa shape index (κ1) is 18.0. The minimum atomic E-state index is -0.562. The molecule has 0 aromatic heterocycles. The predicted molar refractivity (Wildman–Crippen MR) is 99.1 cm³/mol. The molecule has 26 heavy (non-hydrogen) atoms. The number of nitriles is 1. The van der Waals surface area contributed by atoms with Crippen LogP contribution in [-0.2, 0) is 6.54 Å². The highest BCUT2D eigenvalue weighted by Gasteiger charge is 2.30. The lowest BCUT2D eigenvalue weighted by atomic mass is 10.0. The third kappa shape index (κ3) is 4.41. The number of aliphatic hydroxyl groups is 1. The maximum Gasteiger partial charge on any atom is 0.317 e. The molecule has 2 aromatic carbocycles. The van der Waals surface area contributed by atoms with E-state index in [1.165, 1.54) is 0 Å². The number of hydrogen-bond acceptors (Lipinski definition) is 3. The van der Waals surface area contributed by atoms with E-state index in [0.29, 0.717) is 25.1 Å². The van der Waals surface area contributed by atoms with Crippen LogP contribution in [0.25, 0.3) is 0 Å². The molecule has 2 aromatic rings. The molecule has 3 rings (SSSR count). The normalized spacial score (nSPS) is 17.5. The molecule has 2 N–H and O–H groups in total. The number of aliphatic hydroxyl groups excluding tert-OH is 1. The molecular formula is C21H23N3O2. The van der Waals surface area contributed by atoms with Gasteiger partial charge in [0.25, 0.3) is 0 Å². The molecule has 1 aliphatic heterocycles. The van der Waals surface area contributed by atoms with Gasteiger partial charge in [-0.2, -0.15) is 5.26 Å². The smallest absolute Gasteiger partial charge is 0.317 e. The molecule has 2 atom stereocenters. The van der Waals surface area contributed by atoms with Crippen molar-refractivity contribution in [2.24, 2.45) is 0 Å². The molecule has 2 amide bonds. The van der Waals surface area contributed by atoms with Gasteiger partial charge in [-0.15, -0.1) is 0 Å². The Morgan fingerprint density at radius 1 is 1.23 bits per heavy atom. The van der Waals surface area contributed by atoms with Gasteiger partial charge >= 0.3 is 6.03 Å². The van der Waals surface area contributed by atoms with Crippen molar-refractivity contribution in [3.63, 3.8) is 0 Å². The molecule has 1 saturated heterocycles. The zero-order valence-electron chi connectivity index (χ0n) is 14.6. The minimum absolute atomic E-state index is 0.0474. The number of benzene rings is 2. The number of urea groups is 1.